The molecule has 2 nitrogen and oxygen atoms in total. The van der Waals surface area contributed by atoms with Crippen molar-refractivity contribution in [3.8, 4) is 11.1 Å². The summed E-state index contributed by atoms with van der Waals surface area (Å²) in [7, 11) is 0. The Balaban J connectivity index is 2.28. The highest BCUT2D eigenvalue weighted by molar-refractivity contribution is 7.17. The van der Waals surface area contributed by atoms with Crippen LogP contribution in [0.3, 0.4) is 0 Å². The van der Waals surface area contributed by atoms with E-state index in [0.29, 0.717) is 0 Å². The Hall–Kier alpha value is -1.74. The summed E-state index contributed by atoms with van der Waals surface area (Å²) in [4.78, 5) is 9.14. The van der Waals surface area contributed by atoms with E-state index in [1.165, 1.54) is 11.9 Å². The molecule has 0 aliphatic heterocycles. The van der Waals surface area contributed by atoms with Gasteiger partial charge in [-0.3, -0.25) is 0 Å². The van der Waals surface area contributed by atoms with Crippen LogP contribution in [0.25, 0.3) is 21.3 Å². The molecule has 1 radical (unpaired) electrons. The van der Waals surface area contributed by atoms with Crippen LogP contribution in [0.2, 0.25) is 0 Å². The molecular formula is C12H7N2S. The molecule has 3 rings (SSSR count). The summed E-state index contributed by atoms with van der Waals surface area (Å²) in [6.45, 7) is 0. The van der Waals surface area contributed by atoms with Gasteiger partial charge in [0, 0.05) is 16.3 Å². The molecule has 2 aromatic heterocycles. The van der Waals surface area contributed by atoms with E-state index in [1.807, 2.05) is 18.2 Å². The van der Waals surface area contributed by atoms with Gasteiger partial charge in [0.1, 0.15) is 17.4 Å². The number of rotatable bonds is 1. The van der Waals surface area contributed by atoms with Gasteiger partial charge in [0.2, 0.25) is 0 Å². The van der Waals surface area contributed by atoms with Crippen molar-refractivity contribution in [3.05, 3.63) is 48.2 Å². The van der Waals surface area contributed by atoms with E-state index >= 15 is 0 Å². The third-order valence-corrected chi connectivity index (χ3v) is 3.15. The summed E-state index contributed by atoms with van der Waals surface area (Å²) in [5, 5.41) is 3.11. The monoisotopic (exact) mass is 211 g/mol. The number of hydrogen-bond acceptors (Lipinski definition) is 3. The molecule has 0 aliphatic rings. The fourth-order valence-electron chi connectivity index (χ4n) is 1.56. The number of fused-ring (bicyclic) bond motifs is 1. The van der Waals surface area contributed by atoms with E-state index < -0.39 is 0 Å². The van der Waals surface area contributed by atoms with E-state index in [0.717, 1.165) is 15.8 Å². The van der Waals surface area contributed by atoms with Crippen LogP contribution in [-0.2, 0) is 0 Å². The summed E-state index contributed by atoms with van der Waals surface area (Å²) < 4.78 is 0. The minimum Gasteiger partial charge on any atom is -0.234 e. The van der Waals surface area contributed by atoms with Crippen molar-refractivity contribution in [2.75, 3.05) is 0 Å². The molecule has 3 aromatic rings. The molecule has 71 valence electrons. The van der Waals surface area contributed by atoms with Crippen LogP contribution in [0.5, 0.6) is 0 Å². The zero-order chi connectivity index (χ0) is 10.1. The molecule has 0 spiro atoms. The van der Waals surface area contributed by atoms with Crippen LogP contribution in [0.1, 0.15) is 0 Å². The Morgan fingerprint density at radius 1 is 1.13 bits per heavy atom. The first kappa shape index (κ1) is 8.56. The van der Waals surface area contributed by atoms with Gasteiger partial charge in [0.15, 0.2) is 0 Å². The lowest BCUT2D eigenvalue weighted by Gasteiger charge is -1.97. The summed E-state index contributed by atoms with van der Waals surface area (Å²) in [6, 6.07) is 10.2. The summed E-state index contributed by atoms with van der Waals surface area (Å²) in [5.41, 5.74) is 2.35. The lowest BCUT2D eigenvalue weighted by molar-refractivity contribution is 1.22. The van der Waals surface area contributed by atoms with Gasteiger partial charge in [-0.2, -0.15) is 0 Å². The van der Waals surface area contributed by atoms with Gasteiger partial charge in [0.05, 0.1) is 0 Å². The quantitative estimate of drug-likeness (QED) is 0.618. The van der Waals surface area contributed by atoms with E-state index in [-0.39, 0.29) is 0 Å². The predicted octanol–water partition coefficient (Wildman–Crippen LogP) is 3.16. The normalized spacial score (nSPS) is 10.7. The highest BCUT2D eigenvalue weighted by atomic mass is 32.1. The molecular weight excluding hydrogens is 204 g/mol. The Labute approximate surface area is 91.2 Å². The highest BCUT2D eigenvalue weighted by Gasteiger charge is 2.06. The standard InChI is InChI=1S/C12H7N2S/c1-2-4-9(5-3-1)11-7-15-12-10(11)6-13-8-14-12/h1-5,7-8H. The number of hydrogen-bond donors (Lipinski definition) is 0. The van der Waals surface area contributed by atoms with Crippen molar-refractivity contribution >= 4 is 21.6 Å². The second-order valence-corrected chi connectivity index (χ2v) is 4.04. The molecule has 0 saturated carbocycles. The van der Waals surface area contributed by atoms with Gasteiger partial charge in [-0.05, 0) is 5.56 Å². The van der Waals surface area contributed by atoms with E-state index in [4.69, 9.17) is 0 Å². The molecule has 0 N–H and O–H groups in total. The smallest absolute Gasteiger partial charge is 0.127 e. The first-order valence-electron chi connectivity index (χ1n) is 4.60. The predicted molar refractivity (Wildman–Crippen MR) is 61.7 cm³/mol. The number of thiophene rings is 1. The first-order chi connectivity index (χ1) is 7.45. The van der Waals surface area contributed by atoms with E-state index in [1.54, 1.807) is 11.3 Å². The maximum Gasteiger partial charge on any atom is 0.127 e. The lowest BCUT2D eigenvalue weighted by atomic mass is 10.1. The second kappa shape index (κ2) is 3.44. The zero-order valence-electron chi connectivity index (χ0n) is 7.84. The zero-order valence-corrected chi connectivity index (χ0v) is 8.66. The fourth-order valence-corrected chi connectivity index (χ4v) is 2.42. The summed E-state index contributed by atoms with van der Waals surface area (Å²) in [5.74, 6) is 0. The van der Waals surface area contributed by atoms with Crippen molar-refractivity contribution in [1.82, 2.24) is 9.97 Å². The number of aromatic nitrogens is 2. The molecule has 1 aromatic carbocycles. The largest absolute Gasteiger partial charge is 0.234 e. The molecule has 0 unspecified atom stereocenters. The molecule has 15 heavy (non-hydrogen) atoms. The van der Waals surface area contributed by atoms with Gasteiger partial charge in [0.25, 0.3) is 0 Å². The van der Waals surface area contributed by atoms with Gasteiger partial charge in [-0.15, -0.1) is 11.3 Å². The van der Waals surface area contributed by atoms with Crippen molar-refractivity contribution in [3.63, 3.8) is 0 Å². The molecule has 0 saturated heterocycles. The van der Waals surface area contributed by atoms with Crippen LogP contribution in [0.15, 0.2) is 42.0 Å². The first-order valence-corrected chi connectivity index (χ1v) is 5.48. The van der Waals surface area contributed by atoms with Crippen molar-refractivity contribution < 1.29 is 0 Å². The van der Waals surface area contributed by atoms with E-state index in [9.17, 15) is 0 Å². The van der Waals surface area contributed by atoms with Crippen molar-refractivity contribution in [1.29, 1.82) is 0 Å². The minimum atomic E-state index is 0.990. The van der Waals surface area contributed by atoms with Gasteiger partial charge in [-0.1, -0.05) is 30.3 Å². The molecule has 0 amide bonds. The average Bonchev–Trinajstić information content (AvgIpc) is 2.74. The number of nitrogens with zero attached hydrogens (tertiary/aromatic N) is 2. The molecule has 2 heterocycles. The average molecular weight is 211 g/mol. The summed E-state index contributed by atoms with van der Waals surface area (Å²) in [6.07, 6.45) is 4.53. The lowest BCUT2D eigenvalue weighted by Crippen LogP contribution is -1.78. The van der Waals surface area contributed by atoms with Gasteiger partial charge >= 0.3 is 0 Å². The van der Waals surface area contributed by atoms with Gasteiger partial charge < -0.3 is 0 Å². The molecule has 0 atom stereocenters. The topological polar surface area (TPSA) is 25.8 Å². The molecule has 0 fully saturated rings. The third-order valence-electron chi connectivity index (χ3n) is 2.27. The fraction of sp³-hybridized carbons (Fsp3) is 0. The Morgan fingerprint density at radius 2 is 2.00 bits per heavy atom. The van der Waals surface area contributed by atoms with E-state index in [2.05, 4.69) is 33.7 Å². The van der Waals surface area contributed by atoms with Crippen LogP contribution < -0.4 is 0 Å². The van der Waals surface area contributed by atoms with Crippen LogP contribution >= 0.6 is 11.3 Å². The highest BCUT2D eigenvalue weighted by Crippen LogP contribution is 2.31. The van der Waals surface area contributed by atoms with Crippen LogP contribution in [0, 0.1) is 6.20 Å². The summed E-state index contributed by atoms with van der Waals surface area (Å²) >= 11 is 1.63. The Kier molecular flexibility index (Phi) is 1.96. The van der Waals surface area contributed by atoms with Crippen molar-refractivity contribution in [2.24, 2.45) is 0 Å². The number of benzene rings is 1. The second-order valence-electron chi connectivity index (χ2n) is 3.18. The van der Waals surface area contributed by atoms with Crippen molar-refractivity contribution in [2.45, 2.75) is 0 Å². The maximum atomic E-state index is 4.20. The SMILES string of the molecule is [c]1ncnc2scc(-c3ccccc3)c12. The van der Waals surface area contributed by atoms with Crippen LogP contribution in [0.4, 0.5) is 0 Å². The Bertz CT molecular complexity index is 587. The minimum absolute atomic E-state index is 0.990. The molecule has 3 heteroatoms. The van der Waals surface area contributed by atoms with Crippen LogP contribution in [-0.4, -0.2) is 9.97 Å². The molecule has 0 bridgehead atoms. The maximum absolute atomic E-state index is 4.20. The van der Waals surface area contributed by atoms with Gasteiger partial charge in [-0.25, -0.2) is 9.97 Å². The third kappa shape index (κ3) is 1.41. The Morgan fingerprint density at radius 3 is 2.87 bits per heavy atom. The molecule has 0 aliphatic carbocycles.